The summed E-state index contributed by atoms with van der Waals surface area (Å²) < 4.78 is 30.5. The van der Waals surface area contributed by atoms with Crippen molar-refractivity contribution in [1.29, 1.82) is 0 Å². The summed E-state index contributed by atoms with van der Waals surface area (Å²) in [7, 11) is -3.18. The van der Waals surface area contributed by atoms with Crippen molar-refractivity contribution in [3.8, 4) is 0 Å². The maximum atomic E-state index is 11.7. The molecule has 1 aromatic rings. The molecule has 2 heterocycles. The van der Waals surface area contributed by atoms with Gasteiger partial charge in [0.2, 0.25) is 15.9 Å². The Morgan fingerprint density at radius 1 is 1.21 bits per heavy atom. The molecule has 0 bridgehead atoms. The Balaban J connectivity index is 1.64. The topological polar surface area (TPSA) is 114 Å². The summed E-state index contributed by atoms with van der Waals surface area (Å²) in [6.07, 6.45) is 11.6. The minimum atomic E-state index is -3.18. The van der Waals surface area contributed by atoms with Crippen LogP contribution in [0.25, 0.3) is 0 Å². The summed E-state index contributed by atoms with van der Waals surface area (Å²) >= 11 is 0. The predicted octanol–water partition coefficient (Wildman–Crippen LogP) is 4.93. The molecule has 8 nitrogen and oxygen atoms in total. The molecule has 1 saturated carbocycles. The number of sulfonamides is 1. The maximum Gasteiger partial charge on any atom is 0.304 e. The fourth-order valence-corrected chi connectivity index (χ4v) is 6.71. The number of hydrogen-bond donors (Lipinski definition) is 1. The van der Waals surface area contributed by atoms with Gasteiger partial charge in [0.25, 0.3) is 0 Å². The van der Waals surface area contributed by atoms with Gasteiger partial charge in [0.15, 0.2) is 5.82 Å². The maximum absolute atomic E-state index is 11.7. The number of aromatic nitrogens is 2. The van der Waals surface area contributed by atoms with E-state index in [0.29, 0.717) is 43.1 Å². The number of carboxylic acid groups (broad SMARTS) is 1. The van der Waals surface area contributed by atoms with Crippen LogP contribution in [0.2, 0.25) is 0 Å². The van der Waals surface area contributed by atoms with Crippen molar-refractivity contribution >= 4 is 16.0 Å². The zero-order chi connectivity index (χ0) is 24.3. The first-order chi connectivity index (χ1) is 15.4. The van der Waals surface area contributed by atoms with Gasteiger partial charge in [-0.05, 0) is 49.4 Å². The van der Waals surface area contributed by atoms with Crippen LogP contribution in [-0.4, -0.2) is 53.3 Å². The van der Waals surface area contributed by atoms with Gasteiger partial charge in [0.05, 0.1) is 12.7 Å². The number of hydrogen-bond acceptors (Lipinski definition) is 6. The van der Waals surface area contributed by atoms with E-state index in [2.05, 4.69) is 30.9 Å². The molecule has 0 amide bonds. The standard InChI is InChI=1S/C24H41N3O5S/c1-23(2,3)24(12-6-5-7-13-24)14-8-9-19(17-20(28)29)22-25-21(26-32-22)18-10-15-27(16-11-18)33(4,30)31/h18-19H,5-17H2,1-4H3,(H,28,29)/t19-/m1/s1. The summed E-state index contributed by atoms with van der Waals surface area (Å²) in [5.41, 5.74) is 0.542. The second kappa shape index (κ2) is 10.4. The van der Waals surface area contributed by atoms with E-state index in [9.17, 15) is 18.3 Å². The summed E-state index contributed by atoms with van der Waals surface area (Å²) in [6.45, 7) is 7.91. The molecule has 1 N–H and O–H groups in total. The summed E-state index contributed by atoms with van der Waals surface area (Å²) in [6, 6.07) is 0. The predicted molar refractivity (Wildman–Crippen MR) is 127 cm³/mol. The van der Waals surface area contributed by atoms with Crippen LogP contribution < -0.4 is 0 Å². The highest BCUT2D eigenvalue weighted by Gasteiger charge is 2.42. The molecule has 1 atom stereocenters. The molecule has 188 valence electrons. The molecule has 9 heteroatoms. The molecule has 0 radical (unpaired) electrons. The van der Waals surface area contributed by atoms with Crippen molar-refractivity contribution in [2.75, 3.05) is 19.3 Å². The minimum Gasteiger partial charge on any atom is -0.481 e. The van der Waals surface area contributed by atoms with Crippen molar-refractivity contribution in [3.63, 3.8) is 0 Å². The number of carboxylic acids is 1. The van der Waals surface area contributed by atoms with Gasteiger partial charge in [0.1, 0.15) is 0 Å². The van der Waals surface area contributed by atoms with Crippen LogP contribution in [0.1, 0.15) is 115 Å². The summed E-state index contributed by atoms with van der Waals surface area (Å²) in [5.74, 6) is -0.124. The van der Waals surface area contributed by atoms with Crippen LogP contribution in [-0.2, 0) is 14.8 Å². The van der Waals surface area contributed by atoms with E-state index in [1.807, 2.05) is 0 Å². The molecule has 1 saturated heterocycles. The Hall–Kier alpha value is -1.48. The summed E-state index contributed by atoms with van der Waals surface area (Å²) in [5, 5.41) is 13.6. The van der Waals surface area contributed by atoms with Gasteiger partial charge in [0, 0.05) is 24.9 Å². The first kappa shape index (κ1) is 26.1. The zero-order valence-corrected chi connectivity index (χ0v) is 21.5. The fourth-order valence-electron chi connectivity index (χ4n) is 5.84. The van der Waals surface area contributed by atoms with Gasteiger partial charge in [-0.25, -0.2) is 12.7 Å². The normalized spacial score (nSPS) is 21.7. The first-order valence-corrected chi connectivity index (χ1v) is 14.3. The molecule has 2 aliphatic rings. The number of nitrogens with zero attached hydrogens (tertiary/aromatic N) is 3. The Morgan fingerprint density at radius 2 is 1.85 bits per heavy atom. The quantitative estimate of drug-likeness (QED) is 0.529. The Bertz CT molecular complexity index is 891. The van der Waals surface area contributed by atoms with Gasteiger partial charge in [-0.15, -0.1) is 0 Å². The third-order valence-electron chi connectivity index (χ3n) is 8.13. The second-order valence-corrected chi connectivity index (χ2v) is 13.2. The van der Waals surface area contributed by atoms with Crippen molar-refractivity contribution in [2.24, 2.45) is 10.8 Å². The lowest BCUT2D eigenvalue weighted by Gasteiger charge is -2.48. The van der Waals surface area contributed by atoms with Crippen LogP contribution in [0, 0.1) is 10.8 Å². The number of carbonyl (C=O) groups is 1. The number of piperidine rings is 1. The van der Waals surface area contributed by atoms with E-state index in [4.69, 9.17) is 4.52 Å². The molecule has 0 spiro atoms. The molecule has 0 aromatic carbocycles. The van der Waals surface area contributed by atoms with Gasteiger partial charge in [-0.2, -0.15) is 4.98 Å². The molecule has 1 aliphatic carbocycles. The number of rotatable bonds is 9. The smallest absolute Gasteiger partial charge is 0.304 e. The van der Waals surface area contributed by atoms with Crippen LogP contribution in [0.15, 0.2) is 4.52 Å². The van der Waals surface area contributed by atoms with Crippen molar-refractivity contribution < 1.29 is 22.8 Å². The molecule has 33 heavy (non-hydrogen) atoms. The third-order valence-corrected chi connectivity index (χ3v) is 9.43. The third kappa shape index (κ3) is 6.56. The Morgan fingerprint density at radius 3 is 2.39 bits per heavy atom. The van der Waals surface area contributed by atoms with Gasteiger partial charge < -0.3 is 9.63 Å². The lowest BCUT2D eigenvalue weighted by atomic mass is 9.57. The Labute approximate surface area is 198 Å². The van der Waals surface area contributed by atoms with Gasteiger partial charge >= 0.3 is 5.97 Å². The zero-order valence-electron chi connectivity index (χ0n) is 20.7. The van der Waals surface area contributed by atoms with Crippen molar-refractivity contribution in [3.05, 3.63) is 11.7 Å². The fraction of sp³-hybridized carbons (Fsp3) is 0.875. The van der Waals surface area contributed by atoms with Crippen LogP contribution in [0.4, 0.5) is 0 Å². The molecular weight excluding hydrogens is 442 g/mol. The average molecular weight is 484 g/mol. The highest BCUT2D eigenvalue weighted by atomic mass is 32.2. The van der Waals surface area contributed by atoms with Crippen LogP contribution >= 0.6 is 0 Å². The van der Waals surface area contributed by atoms with Crippen molar-refractivity contribution in [2.45, 2.75) is 103 Å². The molecule has 1 aromatic heterocycles. The van der Waals surface area contributed by atoms with Gasteiger partial charge in [-0.1, -0.05) is 51.6 Å². The molecule has 0 unspecified atom stereocenters. The van der Waals surface area contributed by atoms with E-state index >= 15 is 0 Å². The minimum absolute atomic E-state index is 0.0172. The largest absolute Gasteiger partial charge is 0.481 e. The van der Waals surface area contributed by atoms with Crippen LogP contribution in [0.5, 0.6) is 0 Å². The monoisotopic (exact) mass is 483 g/mol. The lowest BCUT2D eigenvalue weighted by molar-refractivity contribution is -0.137. The highest BCUT2D eigenvalue weighted by molar-refractivity contribution is 7.88. The lowest BCUT2D eigenvalue weighted by Crippen LogP contribution is -2.37. The molecular formula is C24H41N3O5S. The molecule has 1 aliphatic heterocycles. The second-order valence-electron chi connectivity index (χ2n) is 11.2. The van der Waals surface area contributed by atoms with E-state index in [0.717, 1.165) is 19.3 Å². The van der Waals surface area contributed by atoms with E-state index in [-0.39, 0.29) is 23.7 Å². The van der Waals surface area contributed by atoms with Gasteiger partial charge in [-0.3, -0.25) is 4.79 Å². The van der Waals surface area contributed by atoms with Crippen molar-refractivity contribution in [1.82, 2.24) is 14.4 Å². The van der Waals surface area contributed by atoms with E-state index in [1.54, 1.807) is 0 Å². The average Bonchev–Trinajstić information content (AvgIpc) is 3.22. The van der Waals surface area contributed by atoms with E-state index < -0.39 is 16.0 Å². The SMILES string of the molecule is CC(C)(C)C1(CCC[C@H](CC(=O)O)c2nc(C3CCN(S(C)(=O)=O)CC3)no2)CCCCC1. The molecule has 2 fully saturated rings. The number of aliphatic carboxylic acids is 1. The van der Waals surface area contributed by atoms with E-state index in [1.165, 1.54) is 42.7 Å². The molecule has 3 rings (SSSR count). The first-order valence-electron chi connectivity index (χ1n) is 12.4. The summed E-state index contributed by atoms with van der Waals surface area (Å²) in [4.78, 5) is 16.2. The highest BCUT2D eigenvalue weighted by Crippen LogP contribution is 2.53. The Kier molecular flexibility index (Phi) is 8.25. The van der Waals surface area contributed by atoms with Crippen LogP contribution in [0.3, 0.4) is 0 Å².